The molecule has 6 heteroatoms. The second kappa shape index (κ2) is 6.73. The van der Waals surface area contributed by atoms with Gasteiger partial charge in [0.05, 0.1) is 12.1 Å². The van der Waals surface area contributed by atoms with Crippen LogP contribution in [-0.2, 0) is 4.74 Å². The van der Waals surface area contributed by atoms with Crippen molar-refractivity contribution in [2.45, 2.75) is 50.1 Å². The second-order valence-electron chi connectivity index (χ2n) is 7.67. The van der Waals surface area contributed by atoms with Gasteiger partial charge in [-0.2, -0.15) is 0 Å². The number of aromatic nitrogens is 1. The Hall–Kier alpha value is -0.980. The minimum atomic E-state index is 0.0936. The van der Waals surface area contributed by atoms with Crippen molar-refractivity contribution in [3.63, 3.8) is 0 Å². The fourth-order valence-corrected chi connectivity index (χ4v) is 4.78. The normalized spacial score (nSPS) is 27.0. The number of amides is 1. The fourth-order valence-electron chi connectivity index (χ4n) is 4.25. The van der Waals surface area contributed by atoms with Crippen LogP contribution in [0.2, 0.25) is 0 Å². The number of piperidine rings is 1. The zero-order valence-electron chi connectivity index (χ0n) is 14.4. The molecule has 1 aromatic rings. The number of rotatable bonds is 5. The van der Waals surface area contributed by atoms with Crippen molar-refractivity contribution in [3.05, 3.63) is 16.6 Å². The van der Waals surface area contributed by atoms with Crippen LogP contribution in [0.4, 0.5) is 0 Å². The number of likely N-dealkylation sites (tertiary alicyclic amines) is 2. The Morgan fingerprint density at radius 2 is 2.08 bits per heavy atom. The van der Waals surface area contributed by atoms with Gasteiger partial charge in [-0.1, -0.05) is 0 Å². The molecule has 0 unspecified atom stereocenters. The Bertz CT molecular complexity index is 565. The molecule has 2 aliphatic heterocycles. The van der Waals surface area contributed by atoms with E-state index in [2.05, 4.69) is 16.9 Å². The highest BCUT2D eigenvalue weighted by Crippen LogP contribution is 2.41. The highest BCUT2D eigenvalue weighted by Gasteiger charge is 2.46. The van der Waals surface area contributed by atoms with Gasteiger partial charge in [-0.15, -0.1) is 11.3 Å². The average molecular weight is 350 g/mol. The molecule has 1 atom stereocenters. The van der Waals surface area contributed by atoms with Crippen molar-refractivity contribution >= 4 is 17.2 Å². The second-order valence-corrected chi connectivity index (χ2v) is 8.39. The van der Waals surface area contributed by atoms with Gasteiger partial charge in [-0.05, 0) is 51.5 Å². The van der Waals surface area contributed by atoms with Crippen LogP contribution < -0.4 is 0 Å². The van der Waals surface area contributed by atoms with Crippen molar-refractivity contribution in [1.82, 2.24) is 14.8 Å². The maximum Gasteiger partial charge on any atom is 0.273 e. The lowest BCUT2D eigenvalue weighted by atomic mass is 9.85. The summed E-state index contributed by atoms with van der Waals surface area (Å²) in [6.07, 6.45) is 7.30. The van der Waals surface area contributed by atoms with Crippen LogP contribution in [0.25, 0.3) is 0 Å². The smallest absolute Gasteiger partial charge is 0.273 e. The van der Waals surface area contributed by atoms with Gasteiger partial charge < -0.3 is 9.64 Å². The average Bonchev–Trinajstić information content (AvgIpc) is 3.17. The van der Waals surface area contributed by atoms with Gasteiger partial charge in [0.1, 0.15) is 5.69 Å². The van der Waals surface area contributed by atoms with E-state index in [4.69, 9.17) is 4.74 Å². The topological polar surface area (TPSA) is 45.7 Å². The Kier molecular flexibility index (Phi) is 4.62. The molecular weight excluding hydrogens is 322 g/mol. The van der Waals surface area contributed by atoms with Crippen LogP contribution in [0.5, 0.6) is 0 Å². The van der Waals surface area contributed by atoms with Gasteiger partial charge in [0, 0.05) is 36.7 Å². The quantitative estimate of drug-likeness (QED) is 0.820. The van der Waals surface area contributed by atoms with E-state index in [1.54, 1.807) is 5.51 Å². The molecule has 0 bridgehead atoms. The van der Waals surface area contributed by atoms with Gasteiger partial charge in [-0.3, -0.25) is 9.69 Å². The molecule has 132 valence electrons. The minimum Gasteiger partial charge on any atom is -0.380 e. The molecule has 24 heavy (non-hydrogen) atoms. The first-order chi connectivity index (χ1) is 11.7. The largest absolute Gasteiger partial charge is 0.380 e. The first kappa shape index (κ1) is 16.5. The molecule has 1 amide bonds. The Morgan fingerprint density at radius 3 is 2.75 bits per heavy atom. The number of likely N-dealkylation sites (N-methyl/N-ethyl adjacent to an activating group) is 1. The van der Waals surface area contributed by atoms with E-state index in [9.17, 15) is 4.79 Å². The van der Waals surface area contributed by atoms with Crippen molar-refractivity contribution in [3.8, 4) is 0 Å². The van der Waals surface area contributed by atoms with Gasteiger partial charge in [0.2, 0.25) is 0 Å². The molecule has 3 heterocycles. The molecule has 2 saturated heterocycles. The van der Waals surface area contributed by atoms with E-state index in [-0.39, 0.29) is 11.4 Å². The molecule has 0 aromatic carbocycles. The van der Waals surface area contributed by atoms with Crippen molar-refractivity contribution < 1.29 is 9.53 Å². The van der Waals surface area contributed by atoms with Crippen LogP contribution in [0.3, 0.4) is 0 Å². The lowest BCUT2D eigenvalue weighted by Crippen LogP contribution is -2.54. The number of ether oxygens (including phenoxy) is 1. The summed E-state index contributed by atoms with van der Waals surface area (Å²) in [6.45, 7) is 3.51. The zero-order valence-corrected chi connectivity index (χ0v) is 15.3. The molecule has 1 spiro atoms. The van der Waals surface area contributed by atoms with Crippen LogP contribution in [0, 0.1) is 5.92 Å². The maximum atomic E-state index is 12.5. The van der Waals surface area contributed by atoms with E-state index in [0.29, 0.717) is 11.7 Å². The number of hydrogen-bond donors (Lipinski definition) is 0. The summed E-state index contributed by atoms with van der Waals surface area (Å²) in [6, 6.07) is 0.546. The van der Waals surface area contributed by atoms with Crippen LogP contribution in [-0.4, -0.2) is 65.6 Å². The highest BCUT2D eigenvalue weighted by molar-refractivity contribution is 7.07. The van der Waals surface area contributed by atoms with Crippen molar-refractivity contribution in [2.24, 2.45) is 5.92 Å². The minimum absolute atomic E-state index is 0.0936. The molecule has 5 nitrogen and oxygen atoms in total. The summed E-state index contributed by atoms with van der Waals surface area (Å²) in [4.78, 5) is 21.2. The number of nitrogens with zero attached hydrogens (tertiary/aromatic N) is 3. The monoisotopic (exact) mass is 349 g/mol. The van der Waals surface area contributed by atoms with Crippen LogP contribution in [0.1, 0.15) is 49.0 Å². The molecule has 1 aromatic heterocycles. The molecule has 1 saturated carbocycles. The third-order valence-electron chi connectivity index (χ3n) is 6.23. The third kappa shape index (κ3) is 3.24. The number of carbonyl (C=O) groups excluding carboxylic acids is 1. The van der Waals surface area contributed by atoms with E-state index in [1.807, 2.05) is 10.3 Å². The maximum absolute atomic E-state index is 12.5. The van der Waals surface area contributed by atoms with Gasteiger partial charge >= 0.3 is 0 Å². The summed E-state index contributed by atoms with van der Waals surface area (Å²) < 4.78 is 5.94. The van der Waals surface area contributed by atoms with E-state index in [0.717, 1.165) is 45.1 Å². The van der Waals surface area contributed by atoms with Crippen molar-refractivity contribution in [2.75, 3.05) is 33.4 Å². The SMILES string of the molecule is CN1[C@H](COCC2CC2)CCC12CCN(C(=O)c1cscn1)CC2. The zero-order chi connectivity index (χ0) is 16.6. The fraction of sp³-hybridized carbons (Fsp3) is 0.778. The predicted octanol–water partition coefficient (Wildman–Crippen LogP) is 2.64. The lowest BCUT2D eigenvalue weighted by Gasteiger charge is -2.45. The summed E-state index contributed by atoms with van der Waals surface area (Å²) in [5, 5.41) is 1.85. The summed E-state index contributed by atoms with van der Waals surface area (Å²) in [5.74, 6) is 0.932. The van der Waals surface area contributed by atoms with Gasteiger partial charge in [0.25, 0.3) is 5.91 Å². The molecule has 0 N–H and O–H groups in total. The van der Waals surface area contributed by atoms with Gasteiger partial charge in [0.15, 0.2) is 0 Å². The summed E-state index contributed by atoms with van der Waals surface area (Å²) in [5.41, 5.74) is 2.60. The lowest BCUT2D eigenvalue weighted by molar-refractivity contribution is 0.0171. The molecule has 0 radical (unpaired) electrons. The third-order valence-corrected chi connectivity index (χ3v) is 6.82. The van der Waals surface area contributed by atoms with Gasteiger partial charge in [-0.25, -0.2) is 4.98 Å². The number of carbonyl (C=O) groups is 1. The Balaban J connectivity index is 1.30. The molecule has 3 fully saturated rings. The summed E-state index contributed by atoms with van der Waals surface area (Å²) >= 11 is 1.48. The first-order valence-electron chi connectivity index (χ1n) is 9.16. The number of thiazole rings is 1. The summed E-state index contributed by atoms with van der Waals surface area (Å²) in [7, 11) is 2.26. The van der Waals surface area contributed by atoms with E-state index in [1.165, 1.54) is 37.0 Å². The highest BCUT2D eigenvalue weighted by atomic mass is 32.1. The van der Waals surface area contributed by atoms with Crippen molar-refractivity contribution in [1.29, 1.82) is 0 Å². The molecule has 1 aliphatic carbocycles. The van der Waals surface area contributed by atoms with E-state index >= 15 is 0 Å². The Labute approximate surface area is 148 Å². The predicted molar refractivity (Wildman–Crippen MR) is 94.3 cm³/mol. The standard InChI is InChI=1S/C18H27N3O2S/c1-20-15(11-23-10-14-2-3-14)4-5-18(20)6-8-21(9-7-18)17(22)16-12-24-13-19-16/h12-15H,2-11H2,1H3/t15-/m0/s1. The van der Waals surface area contributed by atoms with E-state index < -0.39 is 0 Å². The van der Waals surface area contributed by atoms with Crippen LogP contribution in [0.15, 0.2) is 10.9 Å². The number of hydrogen-bond acceptors (Lipinski definition) is 5. The molecule has 4 rings (SSSR count). The Morgan fingerprint density at radius 1 is 1.29 bits per heavy atom. The molecule has 3 aliphatic rings. The molecular formula is C18H27N3O2S. The first-order valence-corrected chi connectivity index (χ1v) is 10.1. The van der Waals surface area contributed by atoms with Crippen LogP contribution >= 0.6 is 11.3 Å².